The molecule has 0 bridgehead atoms. The summed E-state index contributed by atoms with van der Waals surface area (Å²) in [6.07, 6.45) is 2.17. The third-order valence-electron chi connectivity index (χ3n) is 3.06. The molecule has 0 aliphatic carbocycles. The number of piperazine rings is 1. The van der Waals surface area contributed by atoms with Gasteiger partial charge in [-0.3, -0.25) is 0 Å². The molecule has 1 heterocycles. The summed E-state index contributed by atoms with van der Waals surface area (Å²) >= 11 is 0. The molecule has 1 fully saturated rings. The van der Waals surface area contributed by atoms with E-state index in [1.54, 1.807) is 0 Å². The molecule has 1 aliphatic heterocycles. The first-order valence-electron chi connectivity index (χ1n) is 6.15. The summed E-state index contributed by atoms with van der Waals surface area (Å²) in [6.45, 7) is 5.18. The molecule has 1 aromatic rings. The molecular formula is C13H21N3. The second-order valence-corrected chi connectivity index (χ2v) is 4.30. The maximum Gasteiger partial charge on any atom is 0.0369 e. The third-order valence-corrected chi connectivity index (χ3v) is 3.06. The standard InChI is InChI=1S/C13H21N3/c14-6-2-4-12-3-1-5-13(11-12)16-9-7-15-8-10-16/h1,3,5,11,15H,2,4,6-10,14H2. The van der Waals surface area contributed by atoms with Crippen molar-refractivity contribution in [2.24, 2.45) is 5.73 Å². The van der Waals surface area contributed by atoms with Crippen molar-refractivity contribution in [2.75, 3.05) is 37.6 Å². The quantitative estimate of drug-likeness (QED) is 0.793. The summed E-state index contributed by atoms with van der Waals surface area (Å²) in [5, 5.41) is 3.38. The third kappa shape index (κ3) is 2.97. The lowest BCUT2D eigenvalue weighted by Gasteiger charge is -2.29. The Morgan fingerprint density at radius 3 is 2.81 bits per heavy atom. The summed E-state index contributed by atoms with van der Waals surface area (Å²) in [5.74, 6) is 0. The van der Waals surface area contributed by atoms with Crippen molar-refractivity contribution < 1.29 is 0 Å². The molecule has 1 aromatic carbocycles. The van der Waals surface area contributed by atoms with Crippen molar-refractivity contribution in [1.82, 2.24) is 5.32 Å². The fourth-order valence-corrected chi connectivity index (χ4v) is 2.14. The zero-order valence-corrected chi connectivity index (χ0v) is 9.78. The normalized spacial score (nSPS) is 16.4. The number of benzene rings is 1. The van der Waals surface area contributed by atoms with Gasteiger partial charge in [-0.25, -0.2) is 0 Å². The van der Waals surface area contributed by atoms with Gasteiger partial charge in [0.05, 0.1) is 0 Å². The highest BCUT2D eigenvalue weighted by Crippen LogP contribution is 2.17. The monoisotopic (exact) mass is 219 g/mol. The fourth-order valence-electron chi connectivity index (χ4n) is 2.14. The van der Waals surface area contributed by atoms with Crippen molar-refractivity contribution in [3.05, 3.63) is 29.8 Å². The fraction of sp³-hybridized carbons (Fsp3) is 0.538. The largest absolute Gasteiger partial charge is 0.369 e. The Bertz CT molecular complexity index is 319. The zero-order valence-electron chi connectivity index (χ0n) is 9.78. The van der Waals surface area contributed by atoms with Gasteiger partial charge >= 0.3 is 0 Å². The minimum atomic E-state index is 0.776. The Hall–Kier alpha value is -1.06. The molecule has 0 aromatic heterocycles. The van der Waals surface area contributed by atoms with Gasteiger partial charge in [-0.05, 0) is 37.1 Å². The minimum absolute atomic E-state index is 0.776. The van der Waals surface area contributed by atoms with E-state index in [0.717, 1.165) is 45.6 Å². The lowest BCUT2D eigenvalue weighted by Crippen LogP contribution is -2.43. The Kier molecular flexibility index (Phi) is 4.19. The average molecular weight is 219 g/mol. The lowest BCUT2D eigenvalue weighted by atomic mass is 10.1. The SMILES string of the molecule is NCCCc1cccc(N2CCNCC2)c1. The highest BCUT2D eigenvalue weighted by molar-refractivity contribution is 5.49. The predicted octanol–water partition coefficient (Wildman–Crippen LogP) is 0.988. The van der Waals surface area contributed by atoms with Gasteiger partial charge in [-0.15, -0.1) is 0 Å². The molecule has 0 spiro atoms. The summed E-state index contributed by atoms with van der Waals surface area (Å²) in [7, 11) is 0. The first kappa shape index (κ1) is 11.4. The van der Waals surface area contributed by atoms with Crippen LogP contribution in [0, 0.1) is 0 Å². The Balaban J connectivity index is 2.02. The average Bonchev–Trinajstić information content (AvgIpc) is 2.38. The molecule has 3 heteroatoms. The number of aryl methyl sites for hydroxylation is 1. The molecule has 0 unspecified atom stereocenters. The van der Waals surface area contributed by atoms with Crippen molar-refractivity contribution >= 4 is 5.69 Å². The van der Waals surface area contributed by atoms with E-state index in [9.17, 15) is 0 Å². The highest BCUT2D eigenvalue weighted by Gasteiger charge is 2.10. The summed E-state index contributed by atoms with van der Waals surface area (Å²) in [6, 6.07) is 8.86. The van der Waals surface area contributed by atoms with Crippen LogP contribution in [0.2, 0.25) is 0 Å². The van der Waals surface area contributed by atoms with Crippen LogP contribution in [-0.2, 0) is 6.42 Å². The first-order chi connectivity index (χ1) is 7.90. The van der Waals surface area contributed by atoms with Gasteiger partial charge in [0, 0.05) is 31.9 Å². The van der Waals surface area contributed by atoms with Crippen molar-refractivity contribution in [2.45, 2.75) is 12.8 Å². The predicted molar refractivity (Wildman–Crippen MR) is 68.9 cm³/mol. The van der Waals surface area contributed by atoms with E-state index in [1.807, 2.05) is 0 Å². The number of rotatable bonds is 4. The molecule has 0 saturated carbocycles. The maximum absolute atomic E-state index is 5.54. The van der Waals surface area contributed by atoms with Crippen LogP contribution in [0.4, 0.5) is 5.69 Å². The molecule has 0 atom stereocenters. The van der Waals surface area contributed by atoms with E-state index in [4.69, 9.17) is 5.73 Å². The smallest absolute Gasteiger partial charge is 0.0369 e. The van der Waals surface area contributed by atoms with E-state index in [1.165, 1.54) is 11.3 Å². The van der Waals surface area contributed by atoms with Gasteiger partial charge in [0.15, 0.2) is 0 Å². The summed E-state index contributed by atoms with van der Waals surface area (Å²) < 4.78 is 0. The lowest BCUT2D eigenvalue weighted by molar-refractivity contribution is 0.589. The topological polar surface area (TPSA) is 41.3 Å². The molecule has 88 valence electrons. The van der Waals surface area contributed by atoms with Crippen LogP contribution >= 0.6 is 0 Å². The number of nitrogens with two attached hydrogens (primary N) is 1. The minimum Gasteiger partial charge on any atom is -0.369 e. The van der Waals surface area contributed by atoms with E-state index >= 15 is 0 Å². The molecule has 16 heavy (non-hydrogen) atoms. The molecular weight excluding hydrogens is 198 g/mol. The van der Waals surface area contributed by atoms with Crippen LogP contribution in [-0.4, -0.2) is 32.7 Å². The van der Waals surface area contributed by atoms with E-state index in [0.29, 0.717) is 0 Å². The maximum atomic E-state index is 5.54. The first-order valence-corrected chi connectivity index (χ1v) is 6.15. The zero-order chi connectivity index (χ0) is 11.2. The summed E-state index contributed by atoms with van der Waals surface area (Å²) in [5.41, 5.74) is 8.30. The molecule has 1 aliphatic rings. The van der Waals surface area contributed by atoms with Gasteiger partial charge < -0.3 is 16.0 Å². The number of nitrogens with zero attached hydrogens (tertiary/aromatic N) is 1. The van der Waals surface area contributed by atoms with Crippen LogP contribution < -0.4 is 16.0 Å². The van der Waals surface area contributed by atoms with Gasteiger partial charge in [0.25, 0.3) is 0 Å². The molecule has 2 rings (SSSR count). The second-order valence-electron chi connectivity index (χ2n) is 4.30. The van der Waals surface area contributed by atoms with E-state index < -0.39 is 0 Å². The van der Waals surface area contributed by atoms with Crippen molar-refractivity contribution in [1.29, 1.82) is 0 Å². The molecule has 0 radical (unpaired) electrons. The molecule has 3 nitrogen and oxygen atoms in total. The van der Waals surface area contributed by atoms with Crippen LogP contribution in [0.3, 0.4) is 0 Å². The number of hydrogen-bond acceptors (Lipinski definition) is 3. The second kappa shape index (κ2) is 5.87. The molecule has 0 amide bonds. The highest BCUT2D eigenvalue weighted by atomic mass is 15.2. The van der Waals surface area contributed by atoms with Gasteiger partial charge in [0.2, 0.25) is 0 Å². The Labute approximate surface area is 97.6 Å². The Morgan fingerprint density at radius 1 is 1.25 bits per heavy atom. The van der Waals surface area contributed by atoms with Gasteiger partial charge in [-0.2, -0.15) is 0 Å². The number of hydrogen-bond donors (Lipinski definition) is 2. The van der Waals surface area contributed by atoms with Crippen LogP contribution in [0.1, 0.15) is 12.0 Å². The van der Waals surface area contributed by atoms with Crippen LogP contribution in [0.5, 0.6) is 0 Å². The summed E-state index contributed by atoms with van der Waals surface area (Å²) in [4.78, 5) is 2.45. The van der Waals surface area contributed by atoms with Gasteiger partial charge in [-0.1, -0.05) is 12.1 Å². The van der Waals surface area contributed by atoms with Crippen LogP contribution in [0.15, 0.2) is 24.3 Å². The Morgan fingerprint density at radius 2 is 2.06 bits per heavy atom. The molecule has 3 N–H and O–H groups in total. The van der Waals surface area contributed by atoms with E-state index in [-0.39, 0.29) is 0 Å². The van der Waals surface area contributed by atoms with Crippen LogP contribution in [0.25, 0.3) is 0 Å². The van der Waals surface area contributed by atoms with Crippen molar-refractivity contribution in [3.8, 4) is 0 Å². The van der Waals surface area contributed by atoms with Gasteiger partial charge in [0.1, 0.15) is 0 Å². The number of nitrogens with one attached hydrogen (secondary N) is 1. The van der Waals surface area contributed by atoms with Crippen molar-refractivity contribution in [3.63, 3.8) is 0 Å². The van der Waals surface area contributed by atoms with E-state index in [2.05, 4.69) is 34.5 Å². The molecule has 1 saturated heterocycles. The number of anilines is 1.